The Hall–Kier alpha value is -3.69. The monoisotopic (exact) mass is 467 g/mol. The molecular formula is C24H26FN5O4. The van der Waals surface area contributed by atoms with Gasteiger partial charge in [0.1, 0.15) is 17.6 Å². The molecular weight excluding hydrogens is 441 g/mol. The molecule has 1 aliphatic carbocycles. The summed E-state index contributed by atoms with van der Waals surface area (Å²) in [5.74, 6) is -0.865. The van der Waals surface area contributed by atoms with Crippen LogP contribution in [0.15, 0.2) is 35.8 Å². The third-order valence-corrected chi connectivity index (χ3v) is 6.66. The predicted molar refractivity (Wildman–Crippen MR) is 124 cm³/mol. The fourth-order valence-electron chi connectivity index (χ4n) is 4.87. The number of piperazine rings is 1. The van der Waals surface area contributed by atoms with Crippen LogP contribution in [0.4, 0.5) is 10.1 Å². The third-order valence-electron chi connectivity index (χ3n) is 6.66. The Morgan fingerprint density at radius 2 is 2.00 bits per heavy atom. The summed E-state index contributed by atoms with van der Waals surface area (Å²) in [6, 6.07) is 1.20. The zero-order chi connectivity index (χ0) is 24.1. The van der Waals surface area contributed by atoms with Gasteiger partial charge in [-0.3, -0.25) is 19.0 Å². The van der Waals surface area contributed by atoms with Crippen molar-refractivity contribution >= 4 is 28.4 Å². The van der Waals surface area contributed by atoms with Crippen LogP contribution in [0.3, 0.4) is 0 Å². The van der Waals surface area contributed by atoms with Gasteiger partial charge in [-0.25, -0.2) is 9.37 Å². The highest BCUT2D eigenvalue weighted by atomic mass is 19.1. The van der Waals surface area contributed by atoms with Crippen LogP contribution in [-0.2, 0) is 4.79 Å². The number of benzene rings is 1. The van der Waals surface area contributed by atoms with E-state index in [-0.39, 0.29) is 40.4 Å². The topological polar surface area (TPSA) is 89.7 Å². The molecule has 2 aromatic heterocycles. The van der Waals surface area contributed by atoms with Crippen molar-refractivity contribution in [3.05, 3.63) is 52.6 Å². The van der Waals surface area contributed by atoms with Crippen LogP contribution in [-0.4, -0.2) is 63.6 Å². The van der Waals surface area contributed by atoms with E-state index in [1.165, 1.54) is 43.4 Å². The number of rotatable bonds is 4. The number of amides is 1. The summed E-state index contributed by atoms with van der Waals surface area (Å²) in [6.07, 6.45) is 7.60. The second-order valence-corrected chi connectivity index (χ2v) is 8.93. The zero-order valence-corrected chi connectivity index (χ0v) is 19.3. The molecule has 0 bridgehead atoms. The molecule has 2 fully saturated rings. The van der Waals surface area contributed by atoms with Gasteiger partial charge in [-0.1, -0.05) is 0 Å². The molecule has 0 radical (unpaired) electrons. The largest absolute Gasteiger partial charge is 0.492 e. The van der Waals surface area contributed by atoms with E-state index in [4.69, 9.17) is 4.74 Å². The molecule has 1 saturated carbocycles. The van der Waals surface area contributed by atoms with Crippen molar-refractivity contribution in [2.75, 3.05) is 31.6 Å². The summed E-state index contributed by atoms with van der Waals surface area (Å²) < 4.78 is 24.5. The quantitative estimate of drug-likeness (QED) is 0.586. The first-order valence-corrected chi connectivity index (χ1v) is 11.3. The van der Waals surface area contributed by atoms with Crippen molar-refractivity contribution in [1.29, 1.82) is 0 Å². The fraction of sp³-hybridized carbons (Fsp3) is 0.417. The van der Waals surface area contributed by atoms with Crippen LogP contribution in [0, 0.1) is 5.82 Å². The SMILES string of the molecule is COc1c(N2CCN(C(C)=O)C(C)C2)c(F)cc2c(=O)c(C(=O)n3ccnc3)cn(C3CC3)c12. The number of nitrogens with zero attached hydrogens (tertiary/aromatic N) is 5. The lowest BCUT2D eigenvalue weighted by Crippen LogP contribution is -2.53. The van der Waals surface area contributed by atoms with Crippen LogP contribution in [0.2, 0.25) is 0 Å². The van der Waals surface area contributed by atoms with Gasteiger partial charge < -0.3 is 19.1 Å². The Balaban J connectivity index is 1.69. The maximum absolute atomic E-state index is 15.6. The van der Waals surface area contributed by atoms with Crippen LogP contribution >= 0.6 is 0 Å². The van der Waals surface area contributed by atoms with Crippen LogP contribution in [0.5, 0.6) is 5.75 Å². The van der Waals surface area contributed by atoms with Crippen LogP contribution in [0.25, 0.3) is 10.9 Å². The van der Waals surface area contributed by atoms with Crippen LogP contribution in [0.1, 0.15) is 43.1 Å². The smallest absolute Gasteiger partial charge is 0.268 e. The van der Waals surface area contributed by atoms with E-state index in [2.05, 4.69) is 4.98 Å². The van der Waals surface area contributed by atoms with E-state index in [1.807, 2.05) is 16.4 Å². The summed E-state index contributed by atoms with van der Waals surface area (Å²) in [5.41, 5.74) is 0.155. The predicted octanol–water partition coefficient (Wildman–Crippen LogP) is 2.43. The van der Waals surface area contributed by atoms with E-state index >= 15 is 4.39 Å². The minimum absolute atomic E-state index is 0.0178. The summed E-state index contributed by atoms with van der Waals surface area (Å²) >= 11 is 0. The van der Waals surface area contributed by atoms with Crippen molar-refractivity contribution in [2.45, 2.75) is 38.8 Å². The second kappa shape index (κ2) is 8.27. The van der Waals surface area contributed by atoms with Crippen molar-refractivity contribution < 1.29 is 18.7 Å². The minimum atomic E-state index is -0.598. The molecule has 1 atom stereocenters. The second-order valence-electron chi connectivity index (χ2n) is 8.93. The first kappa shape index (κ1) is 22.1. The molecule has 1 aliphatic heterocycles. The number of hydrogen-bond acceptors (Lipinski definition) is 6. The van der Waals surface area contributed by atoms with Gasteiger partial charge in [-0.2, -0.15) is 0 Å². The van der Waals surface area contributed by atoms with Gasteiger partial charge in [0, 0.05) is 57.2 Å². The number of methoxy groups -OCH3 is 1. The number of imidazole rings is 1. The zero-order valence-electron chi connectivity index (χ0n) is 19.3. The van der Waals surface area contributed by atoms with Crippen molar-refractivity contribution in [1.82, 2.24) is 19.0 Å². The number of fused-ring (bicyclic) bond motifs is 1. The Labute approximate surface area is 195 Å². The molecule has 1 aromatic carbocycles. The number of pyridine rings is 1. The van der Waals surface area contributed by atoms with E-state index in [9.17, 15) is 14.4 Å². The number of carbonyl (C=O) groups is 2. The molecule has 34 heavy (non-hydrogen) atoms. The third kappa shape index (κ3) is 3.53. The lowest BCUT2D eigenvalue weighted by Gasteiger charge is -2.41. The first-order valence-electron chi connectivity index (χ1n) is 11.3. The standard InChI is InChI=1S/C24H26FN5O4/c1-14-11-27(8-9-29(14)15(2)31)21-19(25)10-17-20(23(21)34-3)30(16-4-5-16)12-18(22(17)32)24(33)28-7-6-26-13-28/h6-7,10,12-14,16H,4-5,8-9,11H2,1-3H3. The number of anilines is 1. The molecule has 1 amide bonds. The molecule has 0 N–H and O–H groups in total. The van der Waals surface area contributed by atoms with Gasteiger partial charge in [0.2, 0.25) is 11.3 Å². The Morgan fingerprint density at radius 1 is 1.24 bits per heavy atom. The lowest BCUT2D eigenvalue weighted by atomic mass is 10.1. The molecule has 1 unspecified atom stereocenters. The Bertz CT molecular complexity index is 1350. The van der Waals surface area contributed by atoms with Gasteiger partial charge in [-0.05, 0) is 25.8 Å². The molecule has 3 aromatic rings. The molecule has 5 rings (SSSR count). The van der Waals surface area contributed by atoms with Crippen molar-refractivity contribution in [3.63, 3.8) is 0 Å². The number of carbonyl (C=O) groups excluding carboxylic acids is 2. The average Bonchev–Trinajstić information content (AvgIpc) is 3.50. The molecule has 3 heterocycles. The normalized spacial score (nSPS) is 18.4. The van der Waals surface area contributed by atoms with E-state index < -0.39 is 17.2 Å². The van der Waals surface area contributed by atoms with Gasteiger partial charge in [-0.15, -0.1) is 0 Å². The van der Waals surface area contributed by atoms with Crippen LogP contribution < -0.4 is 15.1 Å². The summed E-state index contributed by atoms with van der Waals surface area (Å²) in [7, 11) is 1.46. The maximum atomic E-state index is 15.6. The molecule has 178 valence electrons. The first-order chi connectivity index (χ1) is 16.3. The van der Waals surface area contributed by atoms with Gasteiger partial charge in [0.05, 0.1) is 18.0 Å². The molecule has 1 saturated heterocycles. The Kier molecular flexibility index (Phi) is 5.38. The highest BCUT2D eigenvalue weighted by molar-refractivity contribution is 6.00. The number of aromatic nitrogens is 3. The summed E-state index contributed by atoms with van der Waals surface area (Å²) in [4.78, 5) is 45.8. The van der Waals surface area contributed by atoms with E-state index in [1.54, 1.807) is 11.1 Å². The van der Waals surface area contributed by atoms with Gasteiger partial charge in [0.15, 0.2) is 11.6 Å². The molecule has 0 spiro atoms. The van der Waals surface area contributed by atoms with Gasteiger partial charge >= 0.3 is 0 Å². The Morgan fingerprint density at radius 3 is 2.59 bits per heavy atom. The highest BCUT2D eigenvalue weighted by Gasteiger charge is 2.33. The maximum Gasteiger partial charge on any atom is 0.268 e. The fourth-order valence-corrected chi connectivity index (χ4v) is 4.87. The van der Waals surface area contributed by atoms with Crippen molar-refractivity contribution in [3.8, 4) is 5.75 Å². The highest BCUT2D eigenvalue weighted by Crippen LogP contribution is 2.44. The number of hydrogen-bond donors (Lipinski definition) is 0. The lowest BCUT2D eigenvalue weighted by molar-refractivity contribution is -0.131. The minimum Gasteiger partial charge on any atom is -0.492 e. The van der Waals surface area contributed by atoms with E-state index in [0.29, 0.717) is 25.2 Å². The molecule has 2 aliphatic rings. The summed E-state index contributed by atoms with van der Waals surface area (Å²) in [6.45, 7) is 4.79. The number of ether oxygens (including phenoxy) is 1. The average molecular weight is 468 g/mol. The summed E-state index contributed by atoms with van der Waals surface area (Å²) in [5, 5.41) is 0.103. The van der Waals surface area contributed by atoms with Gasteiger partial charge in [0.25, 0.3) is 5.91 Å². The number of halogens is 1. The molecule has 9 nitrogen and oxygen atoms in total. The molecule has 10 heteroatoms. The van der Waals surface area contributed by atoms with Crippen molar-refractivity contribution in [2.24, 2.45) is 0 Å². The van der Waals surface area contributed by atoms with E-state index in [0.717, 1.165) is 12.8 Å².